The number of carbonyl (C=O) groups excluding carboxylic acids is 1. The minimum absolute atomic E-state index is 0.185. The highest BCUT2D eigenvalue weighted by Gasteiger charge is 2.20. The lowest BCUT2D eigenvalue weighted by molar-refractivity contribution is -0.130. The zero-order valence-corrected chi connectivity index (χ0v) is 11.7. The van der Waals surface area contributed by atoms with Crippen molar-refractivity contribution in [1.29, 1.82) is 0 Å². The van der Waals surface area contributed by atoms with E-state index < -0.39 is 0 Å². The molecule has 0 aromatic carbocycles. The van der Waals surface area contributed by atoms with Gasteiger partial charge in [-0.3, -0.25) is 9.69 Å². The maximum atomic E-state index is 11.6. The molecule has 18 heavy (non-hydrogen) atoms. The minimum atomic E-state index is 0.185. The lowest BCUT2D eigenvalue weighted by Crippen LogP contribution is -2.46. The highest BCUT2D eigenvalue weighted by molar-refractivity contribution is 5.77. The van der Waals surface area contributed by atoms with Gasteiger partial charge in [0, 0.05) is 39.8 Å². The number of piperidine rings is 1. The Morgan fingerprint density at radius 2 is 2.00 bits per heavy atom. The van der Waals surface area contributed by atoms with Gasteiger partial charge in [0.05, 0.1) is 6.54 Å². The molecule has 1 saturated heterocycles. The van der Waals surface area contributed by atoms with E-state index in [1.165, 1.54) is 0 Å². The Bertz CT molecular complexity index is 238. The molecule has 0 bridgehead atoms. The number of aliphatic hydroxyl groups excluding tert-OH is 1. The van der Waals surface area contributed by atoms with E-state index in [2.05, 4.69) is 10.2 Å². The van der Waals surface area contributed by atoms with Crippen LogP contribution in [0.2, 0.25) is 0 Å². The van der Waals surface area contributed by atoms with Crippen LogP contribution in [-0.2, 0) is 4.79 Å². The first-order chi connectivity index (χ1) is 8.63. The molecule has 0 radical (unpaired) electrons. The fraction of sp³-hybridized carbons (Fsp3) is 0.923. The predicted octanol–water partition coefficient (Wildman–Crippen LogP) is -0.0989. The number of rotatable bonds is 7. The normalized spacial score (nSPS) is 17.9. The summed E-state index contributed by atoms with van der Waals surface area (Å²) in [4.78, 5) is 15.5. The number of hydrogen-bond donors (Lipinski definition) is 2. The molecule has 1 amide bonds. The summed E-state index contributed by atoms with van der Waals surface area (Å²) in [5, 5.41) is 12.2. The van der Waals surface area contributed by atoms with Crippen LogP contribution < -0.4 is 5.32 Å². The molecule has 0 aliphatic carbocycles. The summed E-state index contributed by atoms with van der Waals surface area (Å²) in [6.45, 7) is 3.81. The summed E-state index contributed by atoms with van der Waals surface area (Å²) >= 11 is 0. The molecule has 0 aromatic heterocycles. The molecule has 1 heterocycles. The van der Waals surface area contributed by atoms with Gasteiger partial charge in [-0.2, -0.15) is 0 Å². The van der Waals surface area contributed by atoms with Gasteiger partial charge in [0.15, 0.2) is 0 Å². The van der Waals surface area contributed by atoms with Crippen molar-refractivity contribution in [1.82, 2.24) is 15.1 Å². The van der Waals surface area contributed by atoms with Crippen LogP contribution in [0.25, 0.3) is 0 Å². The van der Waals surface area contributed by atoms with Crippen molar-refractivity contribution in [3.63, 3.8) is 0 Å². The average Bonchev–Trinajstić information content (AvgIpc) is 2.36. The highest BCUT2D eigenvalue weighted by atomic mass is 16.2. The number of carbonyl (C=O) groups is 1. The lowest BCUT2D eigenvalue weighted by atomic mass is 10.0. The summed E-state index contributed by atoms with van der Waals surface area (Å²) in [7, 11) is 3.61. The number of likely N-dealkylation sites (N-methyl/N-ethyl adjacent to an activating group) is 1. The van der Waals surface area contributed by atoms with Crippen LogP contribution in [0.5, 0.6) is 0 Å². The van der Waals surface area contributed by atoms with Gasteiger partial charge in [0.25, 0.3) is 0 Å². The number of amides is 1. The molecule has 1 fully saturated rings. The van der Waals surface area contributed by atoms with Crippen molar-refractivity contribution < 1.29 is 9.90 Å². The topological polar surface area (TPSA) is 55.8 Å². The Labute approximate surface area is 110 Å². The zero-order chi connectivity index (χ0) is 13.4. The van der Waals surface area contributed by atoms with Crippen molar-refractivity contribution in [2.24, 2.45) is 0 Å². The number of nitrogens with one attached hydrogen (secondary N) is 1. The van der Waals surface area contributed by atoms with Crippen LogP contribution >= 0.6 is 0 Å². The van der Waals surface area contributed by atoms with Crippen molar-refractivity contribution in [2.75, 3.05) is 46.9 Å². The third-order valence-electron chi connectivity index (χ3n) is 3.46. The third kappa shape index (κ3) is 5.80. The molecule has 1 aliphatic heterocycles. The fourth-order valence-corrected chi connectivity index (χ4v) is 2.17. The average molecular weight is 257 g/mol. The van der Waals surface area contributed by atoms with Crippen LogP contribution in [0.15, 0.2) is 0 Å². The summed E-state index contributed by atoms with van der Waals surface area (Å²) < 4.78 is 0. The highest BCUT2D eigenvalue weighted by Crippen LogP contribution is 2.10. The Hall–Kier alpha value is -0.650. The smallest absolute Gasteiger partial charge is 0.236 e. The first-order valence-electron chi connectivity index (χ1n) is 6.90. The molecule has 0 atom stereocenters. The van der Waals surface area contributed by atoms with E-state index in [1.54, 1.807) is 19.0 Å². The first kappa shape index (κ1) is 15.4. The fourth-order valence-electron chi connectivity index (χ4n) is 2.17. The zero-order valence-electron chi connectivity index (χ0n) is 11.7. The standard InChI is InChI=1S/C13H27N3O2/c1-15(2)13(18)11-16-8-5-12(6-9-16)14-7-3-4-10-17/h12,14,17H,3-11H2,1-2H3. The van der Waals surface area contributed by atoms with Gasteiger partial charge in [0.2, 0.25) is 5.91 Å². The second-order valence-corrected chi connectivity index (χ2v) is 5.22. The largest absolute Gasteiger partial charge is 0.396 e. The van der Waals surface area contributed by atoms with Gasteiger partial charge >= 0.3 is 0 Å². The van der Waals surface area contributed by atoms with Gasteiger partial charge in [-0.25, -0.2) is 0 Å². The van der Waals surface area contributed by atoms with E-state index in [9.17, 15) is 4.79 Å². The lowest BCUT2D eigenvalue weighted by Gasteiger charge is -2.32. The molecular formula is C13H27N3O2. The van der Waals surface area contributed by atoms with Gasteiger partial charge in [0.1, 0.15) is 0 Å². The summed E-state index contributed by atoms with van der Waals surface area (Å²) in [5.41, 5.74) is 0. The number of hydrogen-bond acceptors (Lipinski definition) is 4. The Kier molecular flexibility index (Phi) is 7.23. The number of likely N-dealkylation sites (tertiary alicyclic amines) is 1. The molecule has 5 nitrogen and oxygen atoms in total. The molecule has 5 heteroatoms. The number of unbranched alkanes of at least 4 members (excludes halogenated alkanes) is 1. The Morgan fingerprint density at radius 1 is 1.33 bits per heavy atom. The monoisotopic (exact) mass is 257 g/mol. The Morgan fingerprint density at radius 3 is 2.56 bits per heavy atom. The number of nitrogens with zero attached hydrogens (tertiary/aromatic N) is 2. The van der Waals surface area contributed by atoms with Crippen molar-refractivity contribution in [3.8, 4) is 0 Å². The van der Waals surface area contributed by atoms with Crippen LogP contribution in [0.4, 0.5) is 0 Å². The second kappa shape index (κ2) is 8.45. The van der Waals surface area contributed by atoms with Gasteiger partial charge in [-0.05, 0) is 32.2 Å². The molecule has 0 spiro atoms. The summed E-state index contributed by atoms with van der Waals surface area (Å²) in [6.07, 6.45) is 4.14. The molecular weight excluding hydrogens is 230 g/mol. The number of aliphatic hydroxyl groups is 1. The molecule has 0 saturated carbocycles. The minimum Gasteiger partial charge on any atom is -0.396 e. The molecule has 1 aliphatic rings. The predicted molar refractivity (Wildman–Crippen MR) is 72.5 cm³/mol. The van der Waals surface area contributed by atoms with E-state index in [0.717, 1.165) is 45.3 Å². The quantitative estimate of drug-likeness (QED) is 0.626. The van der Waals surface area contributed by atoms with E-state index in [-0.39, 0.29) is 12.5 Å². The van der Waals surface area contributed by atoms with Gasteiger partial charge in [-0.15, -0.1) is 0 Å². The summed E-state index contributed by atoms with van der Waals surface area (Å²) in [5.74, 6) is 0.185. The van der Waals surface area contributed by atoms with E-state index in [1.807, 2.05) is 0 Å². The molecule has 0 aromatic rings. The SMILES string of the molecule is CN(C)C(=O)CN1CCC(NCCCCO)CC1. The molecule has 0 unspecified atom stereocenters. The summed E-state index contributed by atoms with van der Waals surface area (Å²) in [6, 6.07) is 0.578. The maximum absolute atomic E-state index is 11.6. The molecule has 106 valence electrons. The first-order valence-corrected chi connectivity index (χ1v) is 6.90. The van der Waals surface area contributed by atoms with Crippen LogP contribution in [0.1, 0.15) is 25.7 Å². The van der Waals surface area contributed by atoms with Crippen LogP contribution in [0.3, 0.4) is 0 Å². The second-order valence-electron chi connectivity index (χ2n) is 5.22. The molecule has 1 rings (SSSR count). The van der Waals surface area contributed by atoms with E-state index in [0.29, 0.717) is 12.6 Å². The van der Waals surface area contributed by atoms with Crippen LogP contribution in [0, 0.1) is 0 Å². The van der Waals surface area contributed by atoms with Crippen molar-refractivity contribution >= 4 is 5.91 Å². The van der Waals surface area contributed by atoms with E-state index in [4.69, 9.17) is 5.11 Å². The van der Waals surface area contributed by atoms with E-state index >= 15 is 0 Å². The van der Waals surface area contributed by atoms with Gasteiger partial charge < -0.3 is 15.3 Å². The molecule has 2 N–H and O–H groups in total. The van der Waals surface area contributed by atoms with Crippen molar-refractivity contribution in [3.05, 3.63) is 0 Å². The van der Waals surface area contributed by atoms with Crippen molar-refractivity contribution in [2.45, 2.75) is 31.7 Å². The van der Waals surface area contributed by atoms with Gasteiger partial charge in [-0.1, -0.05) is 0 Å². The van der Waals surface area contributed by atoms with Crippen LogP contribution in [-0.4, -0.2) is 73.7 Å². The Balaban J connectivity index is 2.11. The maximum Gasteiger partial charge on any atom is 0.236 e. The third-order valence-corrected chi connectivity index (χ3v) is 3.46.